The van der Waals surface area contributed by atoms with E-state index in [-0.39, 0.29) is 69.0 Å². The van der Waals surface area contributed by atoms with Gasteiger partial charge < -0.3 is 38.6 Å². The molecule has 2 aliphatic carbocycles. The van der Waals surface area contributed by atoms with Gasteiger partial charge in [-0.2, -0.15) is 0 Å². The number of likely N-dealkylation sites (tertiary alicyclic amines) is 4. The van der Waals surface area contributed by atoms with E-state index in [9.17, 15) is 43.5 Å². The number of carbonyl (C=O) groups is 8. The van der Waals surface area contributed by atoms with E-state index in [1.165, 1.54) is 96.9 Å². The number of β-amino-alcohol motifs (C(OH)–C–C–N with tert-alkyl or cyclic N) is 1. The number of likely N-dealkylation sites (N-methyl/N-ethyl adjacent to an activating group) is 1. The van der Waals surface area contributed by atoms with Gasteiger partial charge in [0.15, 0.2) is 5.78 Å². The highest BCUT2D eigenvalue weighted by Gasteiger charge is 2.50. The van der Waals surface area contributed by atoms with Gasteiger partial charge in [-0.15, -0.1) is 0 Å². The first-order valence-corrected chi connectivity index (χ1v) is 29.2. The molecule has 5 unspecified atom stereocenters. The summed E-state index contributed by atoms with van der Waals surface area (Å²) in [6.45, 7) is 6.41. The summed E-state index contributed by atoms with van der Waals surface area (Å²) in [6, 6.07) is 25.6. The van der Waals surface area contributed by atoms with E-state index in [0.717, 1.165) is 47.4 Å². The molecule has 4 saturated heterocycles. The average Bonchev–Trinajstić information content (AvgIpc) is 4.39. The van der Waals surface area contributed by atoms with Crippen molar-refractivity contribution in [2.45, 2.75) is 173 Å². The number of ether oxygens (including phenoxy) is 6. The van der Waals surface area contributed by atoms with Crippen molar-refractivity contribution in [1.29, 1.82) is 0 Å². The van der Waals surface area contributed by atoms with Gasteiger partial charge in [0.1, 0.15) is 44.0 Å². The smallest absolute Gasteiger partial charge is 0.411 e. The van der Waals surface area contributed by atoms with Crippen LogP contribution in [0.5, 0.6) is 0 Å². The number of benzene rings is 3. The van der Waals surface area contributed by atoms with Gasteiger partial charge in [-0.05, 0) is 73.1 Å². The molecule has 3 aromatic rings. The van der Waals surface area contributed by atoms with Crippen molar-refractivity contribution in [3.05, 3.63) is 108 Å². The third-order valence-corrected chi connectivity index (χ3v) is 16.2. The Labute approximate surface area is 489 Å². The summed E-state index contributed by atoms with van der Waals surface area (Å²) >= 11 is 0. The lowest BCUT2D eigenvalue weighted by Crippen LogP contribution is -2.41. The molecule has 456 valence electrons. The Morgan fingerprint density at radius 2 is 0.928 bits per heavy atom. The van der Waals surface area contributed by atoms with E-state index in [1.807, 2.05) is 103 Å². The number of rotatable bonds is 12. The maximum Gasteiger partial charge on any atom is 0.411 e. The minimum Gasteiger partial charge on any atom is -0.480 e. The van der Waals surface area contributed by atoms with Crippen LogP contribution in [0, 0.1) is 10.8 Å². The topological polar surface area (TPSA) is 245 Å². The molecular weight excluding hydrogens is 1070 g/mol. The summed E-state index contributed by atoms with van der Waals surface area (Å²) in [5, 5.41) is 18.6. The molecule has 4 heterocycles. The molecule has 0 aromatic heterocycles. The number of carboxylic acid groups (broad SMARTS) is 1. The number of aliphatic carboxylic acids is 1. The SMILES string of the molecule is CCCCC.CN1CC2(CCCCC2)CC1C(=O)O.COC(=O)C1CC(=O)CN1C(=O)OCc1ccccc1.COC(=O)C1CC(O)CN1C(=O)OCc1ccccc1.COC(=O)C1CC2(CCCCC2)CN1C(=O)OCc1ccccc1. The molecule has 4 aliphatic heterocycles. The highest BCUT2D eigenvalue weighted by Crippen LogP contribution is 2.47. The molecule has 2 spiro atoms. The zero-order valence-electron chi connectivity index (χ0n) is 49.4. The van der Waals surface area contributed by atoms with Gasteiger partial charge in [0.2, 0.25) is 0 Å². The highest BCUT2D eigenvalue weighted by atomic mass is 16.6. The van der Waals surface area contributed by atoms with Gasteiger partial charge >= 0.3 is 42.2 Å². The van der Waals surface area contributed by atoms with Gasteiger partial charge in [0.05, 0.1) is 40.5 Å². The minimum atomic E-state index is -0.879. The van der Waals surface area contributed by atoms with E-state index in [1.54, 1.807) is 4.90 Å². The highest BCUT2D eigenvalue weighted by molar-refractivity contribution is 5.95. The number of methoxy groups -OCH3 is 3. The Balaban J connectivity index is 0.000000200. The van der Waals surface area contributed by atoms with Crippen molar-refractivity contribution in [3.63, 3.8) is 0 Å². The molecule has 83 heavy (non-hydrogen) atoms. The molecule has 6 aliphatic rings. The maximum absolute atomic E-state index is 12.6. The van der Waals surface area contributed by atoms with E-state index >= 15 is 0 Å². The second-order valence-electron chi connectivity index (χ2n) is 22.4. The van der Waals surface area contributed by atoms with Gasteiger partial charge in [0, 0.05) is 25.9 Å². The van der Waals surface area contributed by atoms with Gasteiger partial charge in [-0.3, -0.25) is 29.2 Å². The summed E-state index contributed by atoms with van der Waals surface area (Å²) in [5.74, 6) is -2.31. The lowest BCUT2D eigenvalue weighted by molar-refractivity contribution is -0.146. The van der Waals surface area contributed by atoms with Crippen LogP contribution in [-0.2, 0) is 72.2 Å². The van der Waals surface area contributed by atoms with E-state index in [0.29, 0.717) is 18.4 Å². The van der Waals surface area contributed by atoms with Gasteiger partial charge in [-0.1, -0.05) is 163 Å². The Morgan fingerprint density at radius 3 is 1.34 bits per heavy atom. The zero-order valence-corrected chi connectivity index (χ0v) is 49.4. The van der Waals surface area contributed by atoms with Crippen molar-refractivity contribution in [1.82, 2.24) is 19.6 Å². The Hall–Kier alpha value is -7.06. The summed E-state index contributed by atoms with van der Waals surface area (Å²) in [6.07, 6.45) is 15.4. The lowest BCUT2D eigenvalue weighted by Gasteiger charge is -2.32. The first-order valence-electron chi connectivity index (χ1n) is 29.2. The van der Waals surface area contributed by atoms with Crippen molar-refractivity contribution in [2.24, 2.45) is 10.8 Å². The second kappa shape index (κ2) is 33.9. The van der Waals surface area contributed by atoms with Crippen LogP contribution in [0.3, 0.4) is 0 Å². The molecule has 0 radical (unpaired) electrons. The van der Waals surface area contributed by atoms with Crippen LogP contribution in [-0.4, -0.2) is 163 Å². The molecule has 6 fully saturated rings. The quantitative estimate of drug-likeness (QED) is 0.127. The molecule has 3 amide bonds. The number of hydrogen-bond acceptors (Lipinski definition) is 16. The van der Waals surface area contributed by atoms with Crippen LogP contribution < -0.4 is 0 Å². The predicted octanol–water partition coefficient (Wildman–Crippen LogP) is 9.51. The first kappa shape index (κ1) is 66.7. The fourth-order valence-corrected chi connectivity index (χ4v) is 11.8. The summed E-state index contributed by atoms with van der Waals surface area (Å²) < 4.78 is 29.8. The number of carboxylic acids is 1. The summed E-state index contributed by atoms with van der Waals surface area (Å²) in [7, 11) is 5.79. The molecule has 3 aromatic carbocycles. The minimum absolute atomic E-state index is 0.0207. The van der Waals surface area contributed by atoms with Gasteiger partial charge in [-0.25, -0.2) is 28.8 Å². The predicted molar refractivity (Wildman–Crippen MR) is 307 cm³/mol. The van der Waals surface area contributed by atoms with Crippen molar-refractivity contribution in [3.8, 4) is 0 Å². The number of carbonyl (C=O) groups excluding carboxylic acids is 7. The fourth-order valence-electron chi connectivity index (χ4n) is 11.8. The number of Topliss-reactive ketones (excluding diaryl/α,β-unsaturated/α-hetero) is 1. The monoisotopic (exact) mass is 1160 g/mol. The largest absolute Gasteiger partial charge is 0.480 e. The third kappa shape index (κ3) is 20.4. The van der Waals surface area contributed by atoms with Crippen molar-refractivity contribution < 1.29 is 77.0 Å². The Morgan fingerprint density at radius 1 is 0.530 bits per heavy atom. The van der Waals surface area contributed by atoms with E-state index < -0.39 is 60.4 Å². The zero-order chi connectivity index (χ0) is 60.4. The average molecular weight is 1160 g/mol. The van der Waals surface area contributed by atoms with Crippen molar-refractivity contribution in [2.75, 3.05) is 54.6 Å². The maximum atomic E-state index is 12.6. The van der Waals surface area contributed by atoms with Crippen LogP contribution in [0.4, 0.5) is 14.4 Å². The molecule has 5 atom stereocenters. The number of hydrogen-bond donors (Lipinski definition) is 2. The number of nitrogens with zero attached hydrogens (tertiary/aromatic N) is 4. The number of ketones is 1. The molecule has 20 heteroatoms. The molecule has 2 saturated carbocycles. The summed E-state index contributed by atoms with van der Waals surface area (Å²) in [4.78, 5) is 100. The number of esters is 3. The number of aliphatic hydroxyl groups is 1. The van der Waals surface area contributed by atoms with Crippen LogP contribution >= 0.6 is 0 Å². The van der Waals surface area contributed by atoms with E-state index in [4.69, 9.17) is 24.1 Å². The number of amides is 3. The molecule has 20 nitrogen and oxygen atoms in total. The summed E-state index contributed by atoms with van der Waals surface area (Å²) in [5.41, 5.74) is 3.03. The fraction of sp³-hybridized carbons (Fsp3) is 0.587. The van der Waals surface area contributed by atoms with Crippen LogP contribution in [0.25, 0.3) is 0 Å². The first-order chi connectivity index (χ1) is 39.9. The second-order valence-corrected chi connectivity index (χ2v) is 22.4. The normalized spacial score (nSPS) is 21.9. The molecule has 9 rings (SSSR count). The van der Waals surface area contributed by atoms with Crippen LogP contribution in [0.2, 0.25) is 0 Å². The molecular formula is C63H88N4O16. The third-order valence-electron chi connectivity index (χ3n) is 16.2. The Bertz CT molecular complexity index is 2520. The molecule has 0 bridgehead atoms. The van der Waals surface area contributed by atoms with Gasteiger partial charge in [0.25, 0.3) is 0 Å². The van der Waals surface area contributed by atoms with Crippen LogP contribution in [0.15, 0.2) is 91.0 Å². The van der Waals surface area contributed by atoms with E-state index in [2.05, 4.69) is 23.3 Å². The molecule has 2 N–H and O–H groups in total. The van der Waals surface area contributed by atoms with Crippen LogP contribution in [0.1, 0.15) is 140 Å². The van der Waals surface area contributed by atoms with Crippen molar-refractivity contribution >= 4 is 47.9 Å². The standard InChI is InChI=1S/C19H25NO4.C14H17NO5.C14H15NO5.C11H19NO2.C5H12/c1-23-17(21)16-12-19(10-6-3-7-11-19)14-20(16)18(22)24-13-15-8-4-2-5-9-15;2*1-19-13(17)12-7-11(16)8-15(12)14(18)20-9-10-5-3-2-4-6-10;1-12-8-11(5-3-2-4-6-11)7-9(12)10(13)14;1-3-5-4-2/h2,4-5,8-9,16H,3,6-7,10-14H2,1H3;2-6,11-12,16H,7-9H2,1H3;2-6,12H,7-9H2,1H3;9H,2-8H2,1H3,(H,13,14);3-5H2,1-2H3. The lowest BCUT2D eigenvalue weighted by atomic mass is 9.73. The number of unbranched alkanes of at least 4 members (excludes halogenated alkanes) is 2. The number of aliphatic hydroxyl groups excluding tert-OH is 1. The Kier molecular flexibility index (Phi) is 27.3.